The highest BCUT2D eigenvalue weighted by molar-refractivity contribution is 5.78. The first-order valence-corrected chi connectivity index (χ1v) is 7.45. The molecule has 0 radical (unpaired) electrons. The van der Waals surface area contributed by atoms with Gasteiger partial charge in [-0.3, -0.25) is 14.9 Å². The zero-order chi connectivity index (χ0) is 16.2. The van der Waals surface area contributed by atoms with Crippen molar-refractivity contribution < 1.29 is 14.5 Å². The van der Waals surface area contributed by atoms with Crippen molar-refractivity contribution in [1.29, 1.82) is 0 Å². The fraction of sp³-hybridized carbons (Fsp3) is 0.312. The van der Waals surface area contributed by atoms with E-state index in [4.69, 9.17) is 4.74 Å². The van der Waals surface area contributed by atoms with Gasteiger partial charge in [0.2, 0.25) is 0 Å². The van der Waals surface area contributed by atoms with E-state index < -0.39 is 4.92 Å². The van der Waals surface area contributed by atoms with E-state index in [-0.39, 0.29) is 24.2 Å². The molecule has 1 N–H and O–H groups in total. The van der Waals surface area contributed by atoms with Crippen LogP contribution in [0.15, 0.2) is 42.6 Å². The molecule has 3 rings (SSSR count). The Kier molecular flexibility index (Phi) is 4.27. The molecule has 1 amide bonds. The van der Waals surface area contributed by atoms with Crippen molar-refractivity contribution in [1.82, 2.24) is 9.88 Å². The van der Waals surface area contributed by atoms with Gasteiger partial charge in [0.25, 0.3) is 11.6 Å². The lowest BCUT2D eigenvalue weighted by Gasteiger charge is -2.24. The third kappa shape index (κ3) is 3.33. The molecule has 120 valence electrons. The molecule has 1 aromatic heterocycles. The summed E-state index contributed by atoms with van der Waals surface area (Å²) in [6.07, 6.45) is 3.75. The number of nitro benzene ring substituents is 1. The summed E-state index contributed by atoms with van der Waals surface area (Å²) in [5.74, 6) is 0.361. The number of likely N-dealkylation sites (tertiary alicyclic amines) is 1. The van der Waals surface area contributed by atoms with Gasteiger partial charge in [-0.2, -0.15) is 0 Å². The Morgan fingerprint density at radius 3 is 2.78 bits per heavy atom. The Morgan fingerprint density at radius 1 is 1.35 bits per heavy atom. The van der Waals surface area contributed by atoms with E-state index in [1.807, 2.05) is 23.2 Å². The maximum Gasteiger partial charge on any atom is 0.269 e. The van der Waals surface area contributed by atoms with Crippen LogP contribution in [-0.2, 0) is 4.79 Å². The number of ether oxygens (including phenoxy) is 1. The summed E-state index contributed by atoms with van der Waals surface area (Å²) in [4.78, 5) is 27.5. The van der Waals surface area contributed by atoms with Gasteiger partial charge in [-0.05, 0) is 37.1 Å². The van der Waals surface area contributed by atoms with E-state index in [0.717, 1.165) is 18.5 Å². The smallest absolute Gasteiger partial charge is 0.269 e. The van der Waals surface area contributed by atoms with Crippen molar-refractivity contribution in [3.05, 3.63) is 58.4 Å². The van der Waals surface area contributed by atoms with Gasteiger partial charge in [-0.25, -0.2) is 0 Å². The molecule has 2 heterocycles. The lowest BCUT2D eigenvalue weighted by atomic mass is 10.1. The molecule has 1 aliphatic heterocycles. The molecule has 1 atom stereocenters. The zero-order valence-corrected chi connectivity index (χ0v) is 12.5. The summed E-state index contributed by atoms with van der Waals surface area (Å²) in [5.41, 5.74) is 1.03. The Balaban J connectivity index is 1.59. The number of aromatic nitrogens is 1. The minimum atomic E-state index is -0.472. The largest absolute Gasteiger partial charge is 0.484 e. The number of hydrogen-bond donors (Lipinski definition) is 1. The molecule has 0 aliphatic carbocycles. The van der Waals surface area contributed by atoms with Crippen LogP contribution in [0.5, 0.6) is 5.75 Å². The summed E-state index contributed by atoms with van der Waals surface area (Å²) in [6, 6.07) is 9.68. The van der Waals surface area contributed by atoms with Crippen molar-refractivity contribution in [3.8, 4) is 5.75 Å². The van der Waals surface area contributed by atoms with Crippen LogP contribution in [0.4, 0.5) is 5.69 Å². The van der Waals surface area contributed by atoms with Gasteiger partial charge in [-0.1, -0.05) is 0 Å². The molecule has 1 aromatic carbocycles. The number of carbonyl (C=O) groups is 1. The number of hydrogen-bond acceptors (Lipinski definition) is 4. The fourth-order valence-electron chi connectivity index (χ4n) is 2.83. The van der Waals surface area contributed by atoms with Crippen molar-refractivity contribution >= 4 is 11.6 Å². The quantitative estimate of drug-likeness (QED) is 0.678. The molecule has 2 aromatic rings. The Bertz CT molecular complexity index is 682. The van der Waals surface area contributed by atoms with E-state index in [9.17, 15) is 14.9 Å². The normalized spacial score (nSPS) is 17.2. The molecular weight excluding hydrogens is 298 g/mol. The van der Waals surface area contributed by atoms with E-state index >= 15 is 0 Å². The summed E-state index contributed by atoms with van der Waals surface area (Å²) in [6.45, 7) is 0.640. The second-order valence-corrected chi connectivity index (χ2v) is 5.41. The third-order valence-electron chi connectivity index (χ3n) is 3.96. The maximum atomic E-state index is 12.4. The number of H-pyrrole nitrogens is 1. The van der Waals surface area contributed by atoms with Crippen molar-refractivity contribution in [3.63, 3.8) is 0 Å². The highest BCUT2D eigenvalue weighted by Crippen LogP contribution is 2.30. The van der Waals surface area contributed by atoms with Crippen LogP contribution in [0.1, 0.15) is 24.6 Å². The highest BCUT2D eigenvalue weighted by Gasteiger charge is 2.30. The lowest BCUT2D eigenvalue weighted by molar-refractivity contribution is -0.384. The molecule has 1 aliphatic rings. The molecule has 7 nitrogen and oxygen atoms in total. The highest BCUT2D eigenvalue weighted by atomic mass is 16.6. The molecule has 23 heavy (non-hydrogen) atoms. The number of benzene rings is 1. The molecule has 1 saturated heterocycles. The summed E-state index contributed by atoms with van der Waals surface area (Å²) < 4.78 is 5.46. The summed E-state index contributed by atoms with van der Waals surface area (Å²) in [5, 5.41) is 10.6. The first kappa shape index (κ1) is 15.1. The third-order valence-corrected chi connectivity index (χ3v) is 3.96. The minimum Gasteiger partial charge on any atom is -0.484 e. The number of nitrogens with one attached hydrogen (secondary N) is 1. The van der Waals surface area contributed by atoms with Crippen LogP contribution in [0.3, 0.4) is 0 Å². The lowest BCUT2D eigenvalue weighted by Crippen LogP contribution is -2.34. The minimum absolute atomic E-state index is 0.00460. The zero-order valence-electron chi connectivity index (χ0n) is 12.5. The van der Waals surface area contributed by atoms with Gasteiger partial charge >= 0.3 is 0 Å². The predicted octanol–water partition coefficient (Wildman–Crippen LogP) is 2.67. The number of nitro groups is 1. The number of nitrogens with zero attached hydrogens (tertiary/aromatic N) is 2. The number of carbonyl (C=O) groups excluding carboxylic acids is 1. The van der Waals surface area contributed by atoms with Crippen molar-refractivity contribution in [2.75, 3.05) is 13.2 Å². The van der Waals surface area contributed by atoms with E-state index in [0.29, 0.717) is 12.3 Å². The topological polar surface area (TPSA) is 88.5 Å². The number of non-ortho nitro benzene ring substituents is 1. The van der Waals surface area contributed by atoms with Gasteiger partial charge in [0.1, 0.15) is 5.75 Å². The van der Waals surface area contributed by atoms with Crippen molar-refractivity contribution in [2.24, 2.45) is 0 Å². The molecule has 1 unspecified atom stereocenters. The predicted molar refractivity (Wildman–Crippen MR) is 83.1 cm³/mol. The first-order chi connectivity index (χ1) is 11.1. The molecule has 0 saturated carbocycles. The first-order valence-electron chi connectivity index (χ1n) is 7.45. The Hall–Kier alpha value is -2.83. The van der Waals surface area contributed by atoms with E-state index in [1.54, 1.807) is 0 Å². The van der Waals surface area contributed by atoms with Crippen LogP contribution in [0.2, 0.25) is 0 Å². The molecule has 1 fully saturated rings. The fourth-order valence-corrected chi connectivity index (χ4v) is 2.83. The van der Waals surface area contributed by atoms with Gasteiger partial charge in [0.05, 0.1) is 11.0 Å². The van der Waals surface area contributed by atoms with Gasteiger partial charge in [0.15, 0.2) is 6.61 Å². The summed E-state index contributed by atoms with van der Waals surface area (Å²) >= 11 is 0. The maximum absolute atomic E-state index is 12.4. The second-order valence-electron chi connectivity index (χ2n) is 5.41. The molecule has 0 spiro atoms. The second kappa shape index (κ2) is 6.51. The average Bonchev–Trinajstić information content (AvgIpc) is 3.23. The monoisotopic (exact) mass is 315 g/mol. The van der Waals surface area contributed by atoms with Crippen LogP contribution in [0, 0.1) is 10.1 Å². The van der Waals surface area contributed by atoms with E-state index in [1.165, 1.54) is 24.3 Å². The van der Waals surface area contributed by atoms with Crippen LogP contribution < -0.4 is 4.74 Å². The SMILES string of the molecule is O=C(COc1ccc([N+](=O)[O-])cc1)N1CCCC1c1ccc[nH]1. The van der Waals surface area contributed by atoms with E-state index in [2.05, 4.69) is 4.98 Å². The van der Waals surface area contributed by atoms with Crippen LogP contribution in [-0.4, -0.2) is 33.9 Å². The van der Waals surface area contributed by atoms with Crippen LogP contribution in [0.25, 0.3) is 0 Å². The number of aromatic amines is 1. The molecule has 0 bridgehead atoms. The Labute approximate surface area is 133 Å². The number of rotatable bonds is 5. The molecule has 7 heteroatoms. The Morgan fingerprint density at radius 2 is 2.13 bits per heavy atom. The molecular formula is C16H17N3O4. The average molecular weight is 315 g/mol. The van der Waals surface area contributed by atoms with Gasteiger partial charge in [0, 0.05) is 30.6 Å². The number of amides is 1. The van der Waals surface area contributed by atoms with Crippen LogP contribution >= 0.6 is 0 Å². The summed E-state index contributed by atoms with van der Waals surface area (Å²) in [7, 11) is 0. The van der Waals surface area contributed by atoms with Gasteiger partial charge < -0.3 is 14.6 Å². The standard InChI is InChI=1S/C16H17N3O4/c20-16(11-23-13-7-5-12(6-8-13)19(21)22)18-10-2-4-15(18)14-3-1-9-17-14/h1,3,5-9,15,17H,2,4,10-11H2. The van der Waals surface area contributed by atoms with Crippen molar-refractivity contribution in [2.45, 2.75) is 18.9 Å². The van der Waals surface area contributed by atoms with Gasteiger partial charge in [-0.15, -0.1) is 0 Å².